The van der Waals surface area contributed by atoms with Gasteiger partial charge in [0, 0.05) is 25.2 Å². The molecular weight excluding hydrogens is 250 g/mol. The maximum atomic E-state index is 5.19. The van der Waals surface area contributed by atoms with E-state index in [1.807, 2.05) is 12.1 Å². The smallest absolute Gasteiger partial charge is 0.213 e. The average Bonchev–Trinajstić information content (AvgIpc) is 2.46. The lowest BCUT2D eigenvalue weighted by Crippen LogP contribution is -2.40. The van der Waals surface area contributed by atoms with Gasteiger partial charge >= 0.3 is 0 Å². The molecule has 0 aromatic carbocycles. The fraction of sp³-hybridized carbons (Fsp3) is 0.688. The second-order valence-electron chi connectivity index (χ2n) is 5.98. The van der Waals surface area contributed by atoms with Gasteiger partial charge in [-0.25, -0.2) is 4.98 Å². The summed E-state index contributed by atoms with van der Waals surface area (Å²) in [4.78, 5) is 7.02. The van der Waals surface area contributed by atoms with Crippen molar-refractivity contribution in [2.24, 2.45) is 5.92 Å². The van der Waals surface area contributed by atoms with Gasteiger partial charge in [0.1, 0.15) is 0 Å². The first-order valence-electron chi connectivity index (χ1n) is 7.63. The summed E-state index contributed by atoms with van der Waals surface area (Å²) >= 11 is 0. The van der Waals surface area contributed by atoms with Crippen molar-refractivity contribution in [3.8, 4) is 5.88 Å². The van der Waals surface area contributed by atoms with Crippen LogP contribution in [-0.2, 0) is 6.54 Å². The van der Waals surface area contributed by atoms with Gasteiger partial charge in [0.2, 0.25) is 5.88 Å². The molecule has 1 aromatic rings. The van der Waals surface area contributed by atoms with E-state index in [9.17, 15) is 0 Å². The Hall–Kier alpha value is -1.13. The second-order valence-corrected chi connectivity index (χ2v) is 5.98. The Kier molecular flexibility index (Phi) is 5.80. The van der Waals surface area contributed by atoms with Crippen molar-refractivity contribution in [2.75, 3.05) is 26.7 Å². The molecule has 1 unspecified atom stereocenters. The van der Waals surface area contributed by atoms with Crippen LogP contribution >= 0.6 is 0 Å². The molecule has 4 nitrogen and oxygen atoms in total. The number of methoxy groups -OCH3 is 1. The summed E-state index contributed by atoms with van der Waals surface area (Å²) in [5.41, 5.74) is 1.10. The molecule has 1 saturated heterocycles. The monoisotopic (exact) mass is 277 g/mol. The molecule has 0 bridgehead atoms. The van der Waals surface area contributed by atoms with Gasteiger partial charge < -0.3 is 10.1 Å². The molecule has 0 radical (unpaired) electrons. The van der Waals surface area contributed by atoms with Gasteiger partial charge in [0.15, 0.2) is 0 Å². The Labute approximate surface area is 122 Å². The number of pyridine rings is 1. The van der Waals surface area contributed by atoms with E-state index >= 15 is 0 Å². The number of aromatic nitrogens is 1. The van der Waals surface area contributed by atoms with E-state index in [2.05, 4.69) is 35.1 Å². The minimum Gasteiger partial charge on any atom is -0.481 e. The van der Waals surface area contributed by atoms with Crippen LogP contribution in [0.5, 0.6) is 5.88 Å². The van der Waals surface area contributed by atoms with E-state index < -0.39 is 0 Å². The highest BCUT2D eigenvalue weighted by Crippen LogP contribution is 2.18. The lowest BCUT2D eigenvalue weighted by atomic mass is 9.97. The van der Waals surface area contributed by atoms with Gasteiger partial charge in [-0.2, -0.15) is 0 Å². The molecule has 112 valence electrons. The molecule has 1 aliphatic rings. The van der Waals surface area contributed by atoms with E-state index in [0.29, 0.717) is 11.9 Å². The van der Waals surface area contributed by atoms with Crippen LogP contribution in [0.1, 0.15) is 32.4 Å². The molecule has 4 heteroatoms. The maximum absolute atomic E-state index is 5.19. The Bertz CT molecular complexity index is 408. The number of ether oxygens (including phenoxy) is 1. The third-order valence-electron chi connectivity index (χ3n) is 3.79. The van der Waals surface area contributed by atoms with E-state index in [-0.39, 0.29) is 0 Å². The molecule has 1 N–H and O–H groups in total. The third-order valence-corrected chi connectivity index (χ3v) is 3.79. The lowest BCUT2D eigenvalue weighted by Gasteiger charge is -2.33. The van der Waals surface area contributed by atoms with Gasteiger partial charge in [-0.3, -0.25) is 4.90 Å². The molecule has 1 atom stereocenters. The number of nitrogens with zero attached hydrogens (tertiary/aromatic N) is 2. The molecule has 0 saturated carbocycles. The zero-order valence-electron chi connectivity index (χ0n) is 12.9. The predicted molar refractivity (Wildman–Crippen MR) is 81.9 cm³/mol. The SMILES string of the molecule is COc1cccc(CN2CCCC(CNC(C)C)C2)n1. The van der Waals surface area contributed by atoms with Crippen LogP contribution in [0.2, 0.25) is 0 Å². The van der Waals surface area contributed by atoms with Crippen molar-refractivity contribution in [3.05, 3.63) is 23.9 Å². The molecule has 0 aliphatic carbocycles. The van der Waals surface area contributed by atoms with E-state index in [1.165, 1.54) is 25.9 Å². The molecule has 1 aromatic heterocycles. The average molecular weight is 277 g/mol. The topological polar surface area (TPSA) is 37.4 Å². The van der Waals surface area contributed by atoms with Crippen LogP contribution in [0.3, 0.4) is 0 Å². The van der Waals surface area contributed by atoms with E-state index in [0.717, 1.165) is 24.7 Å². The first-order chi connectivity index (χ1) is 9.67. The molecule has 2 heterocycles. The van der Waals surface area contributed by atoms with Crippen molar-refractivity contribution in [3.63, 3.8) is 0 Å². The third kappa shape index (κ3) is 4.76. The molecule has 1 fully saturated rings. The number of hydrogen-bond acceptors (Lipinski definition) is 4. The minimum absolute atomic E-state index is 0.574. The Morgan fingerprint density at radius 2 is 2.30 bits per heavy atom. The fourth-order valence-electron chi connectivity index (χ4n) is 2.75. The zero-order valence-corrected chi connectivity index (χ0v) is 12.9. The number of nitrogens with one attached hydrogen (secondary N) is 1. The first kappa shape index (κ1) is 15.3. The molecular formula is C16H27N3O. The molecule has 0 spiro atoms. The Balaban J connectivity index is 1.85. The zero-order chi connectivity index (χ0) is 14.4. The molecule has 0 amide bonds. The van der Waals surface area contributed by atoms with Crippen molar-refractivity contribution in [1.29, 1.82) is 0 Å². The number of piperidine rings is 1. The van der Waals surface area contributed by atoms with Gasteiger partial charge in [-0.05, 0) is 37.9 Å². The van der Waals surface area contributed by atoms with Crippen molar-refractivity contribution < 1.29 is 4.74 Å². The number of likely N-dealkylation sites (tertiary alicyclic amines) is 1. The second kappa shape index (κ2) is 7.60. The van der Waals surface area contributed by atoms with E-state index in [4.69, 9.17) is 4.74 Å². The van der Waals surface area contributed by atoms with Gasteiger partial charge in [0.25, 0.3) is 0 Å². The summed E-state index contributed by atoms with van der Waals surface area (Å²) < 4.78 is 5.19. The molecule has 20 heavy (non-hydrogen) atoms. The Morgan fingerprint density at radius 3 is 3.05 bits per heavy atom. The quantitative estimate of drug-likeness (QED) is 0.866. The van der Waals surface area contributed by atoms with E-state index in [1.54, 1.807) is 7.11 Å². The predicted octanol–water partition coefficient (Wildman–Crippen LogP) is 2.30. The Morgan fingerprint density at radius 1 is 1.45 bits per heavy atom. The van der Waals surface area contributed by atoms with Crippen LogP contribution in [0.25, 0.3) is 0 Å². The van der Waals surface area contributed by atoms with Crippen LogP contribution in [0.4, 0.5) is 0 Å². The van der Waals surface area contributed by atoms with Crippen LogP contribution in [0.15, 0.2) is 18.2 Å². The van der Waals surface area contributed by atoms with Gasteiger partial charge in [-0.1, -0.05) is 19.9 Å². The summed E-state index contributed by atoms with van der Waals surface area (Å²) in [6.45, 7) is 8.81. The summed E-state index contributed by atoms with van der Waals surface area (Å²) in [6, 6.07) is 6.57. The number of hydrogen-bond donors (Lipinski definition) is 1. The van der Waals surface area contributed by atoms with Crippen molar-refractivity contribution >= 4 is 0 Å². The summed E-state index contributed by atoms with van der Waals surface area (Å²) in [7, 11) is 1.67. The van der Waals surface area contributed by atoms with Crippen LogP contribution in [0, 0.1) is 5.92 Å². The summed E-state index contributed by atoms with van der Waals surface area (Å²) in [5.74, 6) is 1.47. The highest BCUT2D eigenvalue weighted by atomic mass is 16.5. The van der Waals surface area contributed by atoms with Crippen molar-refractivity contribution in [2.45, 2.75) is 39.3 Å². The molecule has 1 aliphatic heterocycles. The highest BCUT2D eigenvalue weighted by Gasteiger charge is 2.20. The van der Waals surface area contributed by atoms with Crippen LogP contribution < -0.4 is 10.1 Å². The lowest BCUT2D eigenvalue weighted by molar-refractivity contribution is 0.162. The maximum Gasteiger partial charge on any atom is 0.213 e. The minimum atomic E-state index is 0.574. The standard InChI is InChI=1S/C16H27N3O/c1-13(2)17-10-14-6-5-9-19(11-14)12-15-7-4-8-16(18-15)20-3/h4,7-8,13-14,17H,5-6,9-12H2,1-3H3. The molecule has 2 rings (SSSR count). The summed E-state index contributed by atoms with van der Waals surface area (Å²) in [5, 5.41) is 3.56. The van der Waals surface area contributed by atoms with Crippen LogP contribution in [-0.4, -0.2) is 42.7 Å². The normalized spacial score (nSPS) is 20.3. The van der Waals surface area contributed by atoms with Crippen molar-refractivity contribution in [1.82, 2.24) is 15.2 Å². The highest BCUT2D eigenvalue weighted by molar-refractivity contribution is 5.15. The van der Waals surface area contributed by atoms with Gasteiger partial charge in [0.05, 0.1) is 12.8 Å². The first-order valence-corrected chi connectivity index (χ1v) is 7.63. The largest absolute Gasteiger partial charge is 0.481 e. The fourth-order valence-corrected chi connectivity index (χ4v) is 2.75. The van der Waals surface area contributed by atoms with Gasteiger partial charge in [-0.15, -0.1) is 0 Å². The summed E-state index contributed by atoms with van der Waals surface area (Å²) in [6.07, 6.45) is 2.62. The number of rotatable bonds is 6.